The number of aryl methyl sites for hydroxylation is 1. The minimum Gasteiger partial charge on any atom is -0.310 e. The van der Waals surface area contributed by atoms with E-state index in [0.717, 1.165) is 19.4 Å². The molecule has 3 aromatic rings. The number of thiophene rings is 2. The predicted molar refractivity (Wildman–Crippen MR) is 90.9 cm³/mol. The van der Waals surface area contributed by atoms with Crippen molar-refractivity contribution in [2.24, 2.45) is 0 Å². The highest BCUT2D eigenvalue weighted by atomic mass is 32.1. The highest BCUT2D eigenvalue weighted by Gasteiger charge is 2.14. The normalized spacial score (nSPS) is 12.8. The largest absolute Gasteiger partial charge is 0.310 e. The van der Waals surface area contributed by atoms with Gasteiger partial charge in [0, 0.05) is 10.7 Å². The van der Waals surface area contributed by atoms with Gasteiger partial charge in [0.2, 0.25) is 0 Å². The van der Waals surface area contributed by atoms with Gasteiger partial charge >= 0.3 is 0 Å². The topological polar surface area (TPSA) is 12.0 Å². The third-order valence-electron chi connectivity index (χ3n) is 3.64. The number of benzene rings is 1. The van der Waals surface area contributed by atoms with Gasteiger partial charge in [-0.2, -0.15) is 11.3 Å². The Balaban J connectivity index is 1.82. The third kappa shape index (κ3) is 2.95. The van der Waals surface area contributed by atoms with Crippen LogP contribution in [0.3, 0.4) is 0 Å². The Morgan fingerprint density at radius 3 is 2.85 bits per heavy atom. The number of hydrogen-bond donors (Lipinski definition) is 1. The summed E-state index contributed by atoms with van der Waals surface area (Å²) in [5, 5.41) is 11.8. The molecule has 0 aliphatic heterocycles. The Hall–Kier alpha value is -1.16. The van der Waals surface area contributed by atoms with Gasteiger partial charge in [-0.1, -0.05) is 25.1 Å². The maximum Gasteiger partial charge on any atom is 0.0346 e. The molecular formula is C17H19NS2. The molecule has 2 aromatic heterocycles. The first-order chi connectivity index (χ1) is 9.88. The molecule has 1 unspecified atom stereocenters. The molecule has 0 saturated heterocycles. The van der Waals surface area contributed by atoms with E-state index >= 15 is 0 Å². The average Bonchev–Trinajstić information content (AvgIpc) is 3.13. The quantitative estimate of drug-likeness (QED) is 0.656. The molecule has 1 nitrogen and oxygen atoms in total. The second kappa shape index (κ2) is 6.53. The first kappa shape index (κ1) is 13.8. The summed E-state index contributed by atoms with van der Waals surface area (Å²) in [4.78, 5) is 0. The molecule has 3 rings (SSSR count). The molecule has 1 atom stereocenters. The first-order valence-corrected chi connectivity index (χ1v) is 8.91. The van der Waals surface area contributed by atoms with Gasteiger partial charge in [0.05, 0.1) is 0 Å². The summed E-state index contributed by atoms with van der Waals surface area (Å²) in [7, 11) is 0. The van der Waals surface area contributed by atoms with Crippen molar-refractivity contribution in [3.8, 4) is 0 Å². The number of hydrogen-bond acceptors (Lipinski definition) is 3. The minimum absolute atomic E-state index is 0.455. The summed E-state index contributed by atoms with van der Waals surface area (Å²) >= 11 is 3.64. The zero-order valence-electron chi connectivity index (χ0n) is 11.6. The van der Waals surface area contributed by atoms with Crippen molar-refractivity contribution >= 4 is 32.8 Å². The Labute approximate surface area is 128 Å². The van der Waals surface area contributed by atoms with Crippen LogP contribution in [0.1, 0.15) is 30.5 Å². The molecule has 3 heteroatoms. The monoisotopic (exact) mass is 301 g/mol. The zero-order chi connectivity index (χ0) is 13.8. The lowest BCUT2D eigenvalue weighted by Crippen LogP contribution is -2.21. The van der Waals surface area contributed by atoms with Gasteiger partial charge in [0.15, 0.2) is 0 Å². The molecule has 2 heterocycles. The van der Waals surface area contributed by atoms with Gasteiger partial charge in [-0.15, -0.1) is 11.3 Å². The number of rotatable bonds is 6. The van der Waals surface area contributed by atoms with Crippen LogP contribution in [-0.4, -0.2) is 6.54 Å². The summed E-state index contributed by atoms with van der Waals surface area (Å²) in [5.74, 6) is 0. The van der Waals surface area contributed by atoms with Gasteiger partial charge in [0.25, 0.3) is 0 Å². The fourth-order valence-electron chi connectivity index (χ4n) is 2.63. The van der Waals surface area contributed by atoms with E-state index < -0.39 is 0 Å². The molecule has 1 N–H and O–H groups in total. The van der Waals surface area contributed by atoms with E-state index in [1.54, 1.807) is 11.3 Å². The van der Waals surface area contributed by atoms with Crippen LogP contribution in [0.15, 0.2) is 46.5 Å². The summed E-state index contributed by atoms with van der Waals surface area (Å²) in [5.41, 5.74) is 2.92. The van der Waals surface area contributed by atoms with Gasteiger partial charge in [-0.25, -0.2) is 0 Å². The van der Waals surface area contributed by atoms with Crippen LogP contribution < -0.4 is 5.32 Å². The van der Waals surface area contributed by atoms with Crippen molar-refractivity contribution in [2.75, 3.05) is 6.54 Å². The molecule has 0 radical (unpaired) electrons. The predicted octanol–water partition coefficient (Wildman–Crippen LogP) is 5.25. The van der Waals surface area contributed by atoms with Crippen LogP contribution in [0.4, 0.5) is 0 Å². The summed E-state index contributed by atoms with van der Waals surface area (Å²) in [6, 6.07) is 11.4. The van der Waals surface area contributed by atoms with E-state index in [9.17, 15) is 0 Å². The van der Waals surface area contributed by atoms with Crippen LogP contribution in [0.25, 0.3) is 10.1 Å². The Morgan fingerprint density at radius 1 is 1.15 bits per heavy atom. The lowest BCUT2D eigenvalue weighted by Gasteiger charge is -2.17. The Kier molecular flexibility index (Phi) is 4.51. The van der Waals surface area contributed by atoms with Crippen LogP contribution in [0, 0.1) is 0 Å². The summed E-state index contributed by atoms with van der Waals surface area (Å²) in [6.45, 7) is 3.20. The Morgan fingerprint density at radius 2 is 2.05 bits per heavy atom. The maximum atomic E-state index is 3.65. The van der Waals surface area contributed by atoms with Gasteiger partial charge in [-0.05, 0) is 64.2 Å². The highest BCUT2D eigenvalue weighted by molar-refractivity contribution is 7.17. The zero-order valence-corrected chi connectivity index (χ0v) is 13.3. The SMILES string of the molecule is CCNC(CCc1ccsc1)c1csc2ccccc12. The van der Waals surface area contributed by atoms with Crippen molar-refractivity contribution in [3.05, 3.63) is 57.6 Å². The molecule has 20 heavy (non-hydrogen) atoms. The average molecular weight is 301 g/mol. The summed E-state index contributed by atoms with van der Waals surface area (Å²) in [6.07, 6.45) is 2.30. The van der Waals surface area contributed by atoms with Crippen molar-refractivity contribution < 1.29 is 0 Å². The molecule has 0 fully saturated rings. The fraction of sp³-hybridized carbons (Fsp3) is 0.294. The van der Waals surface area contributed by atoms with Gasteiger partial charge in [-0.3, -0.25) is 0 Å². The highest BCUT2D eigenvalue weighted by Crippen LogP contribution is 2.32. The van der Waals surface area contributed by atoms with Crippen molar-refractivity contribution in [3.63, 3.8) is 0 Å². The lowest BCUT2D eigenvalue weighted by atomic mass is 9.99. The molecule has 0 aliphatic carbocycles. The van der Waals surface area contributed by atoms with E-state index in [1.807, 2.05) is 11.3 Å². The fourth-order valence-corrected chi connectivity index (χ4v) is 4.35. The van der Waals surface area contributed by atoms with E-state index in [0.29, 0.717) is 6.04 Å². The first-order valence-electron chi connectivity index (χ1n) is 7.09. The standard InChI is InChI=1S/C17H19NS2/c1-2-18-16(8-7-13-9-10-19-11-13)15-12-20-17-6-4-3-5-14(15)17/h3-6,9-12,16,18H,2,7-8H2,1H3. The maximum absolute atomic E-state index is 3.65. The van der Waals surface area contributed by atoms with E-state index in [-0.39, 0.29) is 0 Å². The Bertz CT molecular complexity index is 655. The smallest absolute Gasteiger partial charge is 0.0346 e. The van der Waals surface area contributed by atoms with Gasteiger partial charge < -0.3 is 5.32 Å². The molecular weight excluding hydrogens is 282 g/mol. The lowest BCUT2D eigenvalue weighted by molar-refractivity contribution is 0.520. The molecule has 1 aromatic carbocycles. The van der Waals surface area contributed by atoms with Crippen LogP contribution in [0.5, 0.6) is 0 Å². The second-order valence-electron chi connectivity index (χ2n) is 4.97. The molecule has 0 aliphatic rings. The van der Waals surface area contributed by atoms with Crippen LogP contribution in [-0.2, 0) is 6.42 Å². The molecule has 0 spiro atoms. The van der Waals surface area contributed by atoms with Crippen LogP contribution >= 0.6 is 22.7 Å². The molecule has 104 valence electrons. The van der Waals surface area contributed by atoms with E-state index in [1.165, 1.54) is 21.2 Å². The van der Waals surface area contributed by atoms with E-state index in [2.05, 4.69) is 58.7 Å². The van der Waals surface area contributed by atoms with Crippen molar-refractivity contribution in [2.45, 2.75) is 25.8 Å². The van der Waals surface area contributed by atoms with E-state index in [4.69, 9.17) is 0 Å². The van der Waals surface area contributed by atoms with Crippen molar-refractivity contribution in [1.29, 1.82) is 0 Å². The summed E-state index contributed by atoms with van der Waals surface area (Å²) < 4.78 is 1.39. The molecule has 0 bridgehead atoms. The number of fused-ring (bicyclic) bond motifs is 1. The molecule has 0 saturated carbocycles. The van der Waals surface area contributed by atoms with Gasteiger partial charge in [0.1, 0.15) is 0 Å². The third-order valence-corrected chi connectivity index (χ3v) is 5.35. The number of nitrogens with one attached hydrogen (secondary N) is 1. The molecule has 0 amide bonds. The van der Waals surface area contributed by atoms with Crippen LogP contribution in [0.2, 0.25) is 0 Å². The second-order valence-corrected chi connectivity index (χ2v) is 6.66. The van der Waals surface area contributed by atoms with Crippen molar-refractivity contribution in [1.82, 2.24) is 5.32 Å². The minimum atomic E-state index is 0.455.